The topological polar surface area (TPSA) is 60.8 Å². The van der Waals surface area contributed by atoms with E-state index < -0.39 is 11.9 Å². The van der Waals surface area contributed by atoms with Crippen LogP contribution < -0.4 is 4.90 Å². The van der Waals surface area contributed by atoms with Gasteiger partial charge in [-0.2, -0.15) is 0 Å². The zero-order valence-corrected chi connectivity index (χ0v) is 10.5. The maximum absolute atomic E-state index is 10.9. The van der Waals surface area contributed by atoms with E-state index in [2.05, 4.69) is 0 Å². The molecule has 0 aliphatic rings. The average Bonchev–Trinajstić information content (AvgIpc) is 2.29. The molecule has 94 valence electrons. The number of hydrogen-bond acceptors (Lipinski definition) is 3. The SMILES string of the molecule is CCN(CC(C)C(=O)O)c1cc(O)ccc1C. The maximum atomic E-state index is 10.9. The second kappa shape index (κ2) is 5.57. The van der Waals surface area contributed by atoms with E-state index in [9.17, 15) is 9.90 Å². The van der Waals surface area contributed by atoms with E-state index in [4.69, 9.17) is 5.11 Å². The summed E-state index contributed by atoms with van der Waals surface area (Å²) in [6, 6.07) is 5.14. The van der Waals surface area contributed by atoms with Gasteiger partial charge in [0.2, 0.25) is 0 Å². The Morgan fingerprint density at radius 2 is 2.12 bits per heavy atom. The fourth-order valence-electron chi connectivity index (χ4n) is 1.74. The number of carbonyl (C=O) groups is 1. The van der Waals surface area contributed by atoms with E-state index in [0.717, 1.165) is 11.3 Å². The summed E-state index contributed by atoms with van der Waals surface area (Å²) in [7, 11) is 0. The third kappa shape index (κ3) is 3.37. The summed E-state index contributed by atoms with van der Waals surface area (Å²) in [5.41, 5.74) is 1.92. The van der Waals surface area contributed by atoms with Crippen LogP contribution in [0.1, 0.15) is 19.4 Å². The smallest absolute Gasteiger partial charge is 0.308 e. The molecular formula is C13H19NO3. The maximum Gasteiger partial charge on any atom is 0.308 e. The summed E-state index contributed by atoms with van der Waals surface area (Å²) in [6.07, 6.45) is 0. The van der Waals surface area contributed by atoms with Crippen molar-refractivity contribution in [2.75, 3.05) is 18.0 Å². The lowest BCUT2D eigenvalue weighted by Gasteiger charge is -2.26. The number of aromatic hydroxyl groups is 1. The molecule has 0 saturated heterocycles. The third-order valence-electron chi connectivity index (χ3n) is 2.83. The van der Waals surface area contributed by atoms with Gasteiger partial charge < -0.3 is 15.1 Å². The first-order valence-electron chi connectivity index (χ1n) is 5.73. The zero-order chi connectivity index (χ0) is 13.0. The normalized spacial score (nSPS) is 12.2. The van der Waals surface area contributed by atoms with Crippen LogP contribution in [0.2, 0.25) is 0 Å². The standard InChI is InChI=1S/C13H19NO3/c1-4-14(8-10(3)13(16)17)12-7-11(15)6-5-9(12)2/h5-7,10,15H,4,8H2,1-3H3,(H,16,17). The van der Waals surface area contributed by atoms with Gasteiger partial charge in [0.05, 0.1) is 5.92 Å². The van der Waals surface area contributed by atoms with Crippen LogP contribution in [-0.2, 0) is 4.79 Å². The number of aliphatic carboxylic acids is 1. The van der Waals surface area contributed by atoms with Crippen LogP contribution in [0.15, 0.2) is 18.2 Å². The largest absolute Gasteiger partial charge is 0.508 e. The van der Waals surface area contributed by atoms with E-state index in [-0.39, 0.29) is 5.75 Å². The van der Waals surface area contributed by atoms with Crippen LogP contribution >= 0.6 is 0 Å². The Bertz CT molecular complexity index is 404. The van der Waals surface area contributed by atoms with Crippen molar-refractivity contribution < 1.29 is 15.0 Å². The molecule has 0 aliphatic heterocycles. The number of benzene rings is 1. The van der Waals surface area contributed by atoms with Gasteiger partial charge >= 0.3 is 5.97 Å². The predicted octanol–water partition coefficient (Wildman–Crippen LogP) is 2.25. The number of nitrogens with zero attached hydrogens (tertiary/aromatic N) is 1. The molecule has 17 heavy (non-hydrogen) atoms. The molecule has 0 aliphatic carbocycles. The molecule has 1 aromatic carbocycles. The Balaban J connectivity index is 2.93. The molecule has 4 heteroatoms. The molecule has 1 atom stereocenters. The van der Waals surface area contributed by atoms with Crippen molar-refractivity contribution in [3.8, 4) is 5.75 Å². The Morgan fingerprint density at radius 3 is 2.65 bits per heavy atom. The Kier molecular flexibility index (Phi) is 4.37. The van der Waals surface area contributed by atoms with Crippen LogP contribution in [-0.4, -0.2) is 29.3 Å². The van der Waals surface area contributed by atoms with Gasteiger partial charge in [0.1, 0.15) is 5.75 Å². The Morgan fingerprint density at radius 1 is 1.47 bits per heavy atom. The van der Waals surface area contributed by atoms with Crippen LogP contribution in [0.3, 0.4) is 0 Å². The van der Waals surface area contributed by atoms with Crippen LogP contribution in [0.5, 0.6) is 5.75 Å². The molecule has 4 nitrogen and oxygen atoms in total. The molecule has 0 fully saturated rings. The second-order valence-electron chi connectivity index (χ2n) is 4.25. The van der Waals surface area contributed by atoms with Crippen molar-refractivity contribution in [3.63, 3.8) is 0 Å². The van der Waals surface area contributed by atoms with E-state index in [1.54, 1.807) is 19.1 Å². The van der Waals surface area contributed by atoms with Crippen molar-refractivity contribution in [3.05, 3.63) is 23.8 Å². The molecule has 0 saturated carbocycles. The summed E-state index contributed by atoms with van der Waals surface area (Å²) < 4.78 is 0. The third-order valence-corrected chi connectivity index (χ3v) is 2.83. The van der Waals surface area contributed by atoms with Gasteiger partial charge in [-0.15, -0.1) is 0 Å². The molecule has 0 radical (unpaired) electrons. The van der Waals surface area contributed by atoms with E-state index >= 15 is 0 Å². The van der Waals surface area contributed by atoms with Gasteiger partial charge in [0.15, 0.2) is 0 Å². The number of rotatable bonds is 5. The van der Waals surface area contributed by atoms with Crippen LogP contribution in [0.25, 0.3) is 0 Å². The highest BCUT2D eigenvalue weighted by Gasteiger charge is 2.16. The van der Waals surface area contributed by atoms with E-state index in [0.29, 0.717) is 13.1 Å². The number of anilines is 1. The van der Waals surface area contributed by atoms with Crippen molar-refractivity contribution in [1.29, 1.82) is 0 Å². The highest BCUT2D eigenvalue weighted by molar-refractivity contribution is 5.70. The number of hydrogen-bond donors (Lipinski definition) is 2. The fraction of sp³-hybridized carbons (Fsp3) is 0.462. The molecule has 1 unspecified atom stereocenters. The summed E-state index contributed by atoms with van der Waals surface area (Å²) in [4.78, 5) is 12.8. The fourth-order valence-corrected chi connectivity index (χ4v) is 1.74. The minimum Gasteiger partial charge on any atom is -0.508 e. The number of aryl methyl sites for hydroxylation is 1. The lowest BCUT2D eigenvalue weighted by molar-refractivity contribution is -0.140. The average molecular weight is 237 g/mol. The van der Waals surface area contributed by atoms with E-state index in [1.165, 1.54) is 0 Å². The first kappa shape index (κ1) is 13.4. The summed E-state index contributed by atoms with van der Waals surface area (Å²) in [5, 5.41) is 18.4. The lowest BCUT2D eigenvalue weighted by Crippen LogP contribution is -2.32. The summed E-state index contributed by atoms with van der Waals surface area (Å²) >= 11 is 0. The minimum absolute atomic E-state index is 0.201. The van der Waals surface area contributed by atoms with Gasteiger partial charge in [-0.05, 0) is 25.5 Å². The molecule has 0 bridgehead atoms. The number of carboxylic acids is 1. The quantitative estimate of drug-likeness (QED) is 0.824. The highest BCUT2D eigenvalue weighted by Crippen LogP contribution is 2.25. The molecule has 0 amide bonds. The van der Waals surface area contributed by atoms with Crippen LogP contribution in [0, 0.1) is 12.8 Å². The monoisotopic (exact) mass is 237 g/mol. The molecular weight excluding hydrogens is 218 g/mol. The number of carboxylic acid groups (broad SMARTS) is 1. The number of phenols is 1. The first-order chi connectivity index (χ1) is 7.95. The summed E-state index contributed by atoms with van der Waals surface area (Å²) in [5.74, 6) is -1.04. The van der Waals surface area contributed by atoms with Gasteiger partial charge in [-0.25, -0.2) is 0 Å². The van der Waals surface area contributed by atoms with Crippen molar-refractivity contribution in [2.24, 2.45) is 5.92 Å². The first-order valence-corrected chi connectivity index (χ1v) is 5.73. The number of phenolic OH excluding ortho intramolecular Hbond substituents is 1. The van der Waals surface area contributed by atoms with Crippen molar-refractivity contribution >= 4 is 11.7 Å². The van der Waals surface area contributed by atoms with Gasteiger partial charge in [0, 0.05) is 24.8 Å². The molecule has 1 rings (SSSR count). The highest BCUT2D eigenvalue weighted by atomic mass is 16.4. The van der Waals surface area contributed by atoms with Crippen LogP contribution in [0.4, 0.5) is 5.69 Å². The zero-order valence-electron chi connectivity index (χ0n) is 10.5. The minimum atomic E-state index is -0.804. The van der Waals surface area contributed by atoms with Gasteiger partial charge in [-0.3, -0.25) is 4.79 Å². The van der Waals surface area contributed by atoms with E-state index in [1.807, 2.05) is 24.8 Å². The molecule has 0 heterocycles. The Labute approximate surface area is 101 Å². The second-order valence-corrected chi connectivity index (χ2v) is 4.25. The lowest BCUT2D eigenvalue weighted by atomic mass is 10.1. The summed E-state index contributed by atoms with van der Waals surface area (Å²) in [6.45, 7) is 6.75. The Hall–Kier alpha value is -1.71. The van der Waals surface area contributed by atoms with Crippen molar-refractivity contribution in [1.82, 2.24) is 0 Å². The van der Waals surface area contributed by atoms with Gasteiger partial charge in [0.25, 0.3) is 0 Å². The molecule has 2 N–H and O–H groups in total. The molecule has 0 aromatic heterocycles. The van der Waals surface area contributed by atoms with Gasteiger partial charge in [-0.1, -0.05) is 13.0 Å². The van der Waals surface area contributed by atoms with Crippen molar-refractivity contribution in [2.45, 2.75) is 20.8 Å². The predicted molar refractivity (Wildman–Crippen MR) is 67.5 cm³/mol. The molecule has 1 aromatic rings. The molecule has 0 spiro atoms.